The average Bonchev–Trinajstić information content (AvgIpc) is 2.69. The van der Waals surface area contributed by atoms with Crippen LogP contribution in [0.5, 0.6) is 0 Å². The summed E-state index contributed by atoms with van der Waals surface area (Å²) in [6, 6.07) is 23.6. The van der Waals surface area contributed by atoms with Gasteiger partial charge in [-0.1, -0.05) is 43.3 Å². The molecule has 0 aliphatic rings. The Morgan fingerprint density at radius 3 is 1.77 bits per heavy atom. The second-order valence-corrected chi connectivity index (χ2v) is 5.91. The number of rotatable bonds is 5. The minimum absolute atomic E-state index is 0.247. The third-order valence-corrected chi connectivity index (χ3v) is 4.04. The molecule has 0 aliphatic heterocycles. The summed E-state index contributed by atoms with van der Waals surface area (Å²) < 4.78 is 0. The average molecular weight is 344 g/mol. The van der Waals surface area contributed by atoms with E-state index in [0.29, 0.717) is 16.8 Å². The first-order valence-electron chi connectivity index (χ1n) is 8.52. The molecule has 26 heavy (non-hydrogen) atoms. The zero-order valence-corrected chi connectivity index (χ0v) is 14.5. The van der Waals surface area contributed by atoms with Crippen molar-refractivity contribution in [1.82, 2.24) is 0 Å². The molecular weight excluding hydrogens is 324 g/mol. The van der Waals surface area contributed by atoms with E-state index < -0.39 is 0 Å². The van der Waals surface area contributed by atoms with Crippen LogP contribution in [0.2, 0.25) is 0 Å². The molecule has 0 saturated heterocycles. The van der Waals surface area contributed by atoms with Crippen LogP contribution in [0.1, 0.15) is 33.2 Å². The fourth-order valence-corrected chi connectivity index (χ4v) is 2.55. The Hall–Kier alpha value is -3.40. The van der Waals surface area contributed by atoms with E-state index in [-0.39, 0.29) is 11.8 Å². The van der Waals surface area contributed by atoms with Crippen LogP contribution in [0.25, 0.3) is 0 Å². The molecule has 0 aliphatic carbocycles. The predicted molar refractivity (Wildman–Crippen MR) is 105 cm³/mol. The molecule has 2 N–H and O–H groups in total. The minimum Gasteiger partial charge on any atom is -0.322 e. The summed E-state index contributed by atoms with van der Waals surface area (Å²) in [6.07, 6.45) is 0.951. The van der Waals surface area contributed by atoms with Gasteiger partial charge >= 0.3 is 0 Å². The molecule has 0 radical (unpaired) electrons. The molecular formula is C22H20N2O2. The predicted octanol–water partition coefficient (Wildman–Crippen LogP) is 4.75. The van der Waals surface area contributed by atoms with Crippen LogP contribution in [0, 0.1) is 0 Å². The highest BCUT2D eigenvalue weighted by Crippen LogP contribution is 2.14. The summed E-state index contributed by atoms with van der Waals surface area (Å²) in [5.74, 6) is -0.498. The summed E-state index contributed by atoms with van der Waals surface area (Å²) in [6.45, 7) is 2.08. The quantitative estimate of drug-likeness (QED) is 0.701. The number of nitrogens with one attached hydrogen (secondary N) is 2. The smallest absolute Gasteiger partial charge is 0.255 e. The topological polar surface area (TPSA) is 58.2 Å². The van der Waals surface area contributed by atoms with E-state index in [2.05, 4.69) is 17.6 Å². The van der Waals surface area contributed by atoms with Crippen molar-refractivity contribution in [2.24, 2.45) is 0 Å². The lowest BCUT2D eigenvalue weighted by molar-refractivity contribution is 0.102. The van der Waals surface area contributed by atoms with Gasteiger partial charge in [0.05, 0.1) is 0 Å². The summed E-state index contributed by atoms with van der Waals surface area (Å²) >= 11 is 0. The van der Waals surface area contributed by atoms with Crippen LogP contribution >= 0.6 is 0 Å². The highest BCUT2D eigenvalue weighted by molar-refractivity contribution is 6.08. The molecule has 2 amide bonds. The Morgan fingerprint density at radius 2 is 1.23 bits per heavy atom. The van der Waals surface area contributed by atoms with Crippen LogP contribution in [0.4, 0.5) is 11.4 Å². The van der Waals surface area contributed by atoms with Crippen LogP contribution < -0.4 is 10.6 Å². The number of amides is 2. The molecule has 0 heterocycles. The van der Waals surface area contributed by atoms with Crippen molar-refractivity contribution < 1.29 is 9.59 Å². The summed E-state index contributed by atoms with van der Waals surface area (Å²) in [5, 5.41) is 5.67. The number of benzene rings is 3. The number of carbonyl (C=O) groups excluding carboxylic acids is 2. The van der Waals surface area contributed by atoms with Crippen molar-refractivity contribution in [2.75, 3.05) is 10.6 Å². The molecule has 3 aromatic carbocycles. The van der Waals surface area contributed by atoms with Gasteiger partial charge in [-0.25, -0.2) is 0 Å². The number of carbonyl (C=O) groups is 2. The van der Waals surface area contributed by atoms with E-state index in [1.807, 2.05) is 54.6 Å². The van der Waals surface area contributed by atoms with E-state index in [4.69, 9.17) is 0 Å². The van der Waals surface area contributed by atoms with E-state index in [1.165, 1.54) is 5.56 Å². The zero-order valence-electron chi connectivity index (χ0n) is 14.5. The second-order valence-electron chi connectivity index (χ2n) is 5.91. The fraction of sp³-hybridized carbons (Fsp3) is 0.0909. The first kappa shape index (κ1) is 17.4. The second kappa shape index (κ2) is 8.12. The van der Waals surface area contributed by atoms with Gasteiger partial charge in [-0.2, -0.15) is 0 Å². The molecule has 0 aromatic heterocycles. The van der Waals surface area contributed by atoms with E-state index >= 15 is 0 Å². The van der Waals surface area contributed by atoms with Gasteiger partial charge in [0.25, 0.3) is 11.8 Å². The molecule has 0 atom stereocenters. The summed E-state index contributed by atoms with van der Waals surface area (Å²) in [5.41, 5.74) is 3.52. The minimum atomic E-state index is -0.252. The van der Waals surface area contributed by atoms with Crippen molar-refractivity contribution in [3.05, 3.63) is 95.6 Å². The molecule has 0 saturated carbocycles. The Morgan fingerprint density at radius 1 is 0.692 bits per heavy atom. The Bertz CT molecular complexity index is 903. The van der Waals surface area contributed by atoms with E-state index in [0.717, 1.165) is 12.1 Å². The number of hydrogen-bond acceptors (Lipinski definition) is 2. The van der Waals surface area contributed by atoms with Gasteiger partial charge in [0.15, 0.2) is 0 Å². The molecule has 0 fully saturated rings. The normalized spacial score (nSPS) is 10.2. The van der Waals surface area contributed by atoms with Gasteiger partial charge in [-0.3, -0.25) is 9.59 Å². The Kier molecular flexibility index (Phi) is 5.44. The largest absolute Gasteiger partial charge is 0.322 e. The van der Waals surface area contributed by atoms with Crippen molar-refractivity contribution in [3.8, 4) is 0 Å². The molecule has 3 rings (SSSR count). The lowest BCUT2D eigenvalue weighted by atomic mass is 10.1. The third-order valence-electron chi connectivity index (χ3n) is 4.04. The molecule has 0 unspecified atom stereocenters. The van der Waals surface area contributed by atoms with Gasteiger partial charge in [-0.15, -0.1) is 0 Å². The number of hydrogen-bond donors (Lipinski definition) is 2. The number of anilines is 2. The third kappa shape index (κ3) is 4.36. The van der Waals surface area contributed by atoms with Gasteiger partial charge in [0.2, 0.25) is 0 Å². The molecule has 3 aromatic rings. The van der Waals surface area contributed by atoms with Gasteiger partial charge in [-0.05, 0) is 54.4 Å². The van der Waals surface area contributed by atoms with Gasteiger partial charge < -0.3 is 10.6 Å². The highest BCUT2D eigenvalue weighted by Gasteiger charge is 2.11. The van der Waals surface area contributed by atoms with Crippen molar-refractivity contribution >= 4 is 23.2 Å². The molecule has 0 bridgehead atoms. The maximum absolute atomic E-state index is 12.5. The lowest BCUT2D eigenvalue weighted by Gasteiger charge is -2.08. The van der Waals surface area contributed by atoms with Gasteiger partial charge in [0.1, 0.15) is 0 Å². The monoisotopic (exact) mass is 344 g/mol. The highest BCUT2D eigenvalue weighted by atomic mass is 16.2. The summed E-state index contributed by atoms with van der Waals surface area (Å²) in [7, 11) is 0. The maximum atomic E-state index is 12.5. The Balaban J connectivity index is 1.71. The van der Waals surface area contributed by atoms with Crippen LogP contribution in [-0.2, 0) is 6.42 Å². The van der Waals surface area contributed by atoms with Crippen LogP contribution in [-0.4, -0.2) is 11.8 Å². The van der Waals surface area contributed by atoms with E-state index in [9.17, 15) is 9.59 Å². The maximum Gasteiger partial charge on any atom is 0.255 e. The van der Waals surface area contributed by atoms with Crippen LogP contribution in [0.3, 0.4) is 0 Å². The first-order chi connectivity index (χ1) is 12.7. The molecule has 4 nitrogen and oxygen atoms in total. The zero-order chi connectivity index (χ0) is 18.4. The molecule has 0 spiro atoms. The van der Waals surface area contributed by atoms with Gasteiger partial charge in [0, 0.05) is 22.5 Å². The fourth-order valence-electron chi connectivity index (χ4n) is 2.55. The van der Waals surface area contributed by atoms with Crippen molar-refractivity contribution in [1.29, 1.82) is 0 Å². The SMILES string of the molecule is CCc1ccc(NC(=O)c2cccc(C(=O)Nc3ccccc3)c2)cc1. The number of para-hydroxylation sites is 1. The van der Waals surface area contributed by atoms with E-state index in [1.54, 1.807) is 24.3 Å². The standard InChI is InChI=1S/C22H20N2O2/c1-2-16-11-13-20(14-12-16)24-22(26)18-8-6-7-17(15-18)21(25)23-19-9-4-3-5-10-19/h3-15H,2H2,1H3,(H,23,25)(H,24,26). The molecule has 4 heteroatoms. The molecule has 130 valence electrons. The van der Waals surface area contributed by atoms with Crippen molar-refractivity contribution in [3.63, 3.8) is 0 Å². The summed E-state index contributed by atoms with van der Waals surface area (Å²) in [4.78, 5) is 24.8. The van der Waals surface area contributed by atoms with Crippen LogP contribution in [0.15, 0.2) is 78.9 Å². The van der Waals surface area contributed by atoms with Crippen molar-refractivity contribution in [2.45, 2.75) is 13.3 Å². The number of aryl methyl sites for hydroxylation is 1. The lowest BCUT2D eigenvalue weighted by Crippen LogP contribution is -2.15. The first-order valence-corrected chi connectivity index (χ1v) is 8.52. The Labute approximate surface area is 152 Å².